The number of rotatable bonds is 5. The first-order valence-electron chi connectivity index (χ1n) is 6.66. The van der Waals surface area contributed by atoms with Crippen LogP contribution in [0.4, 0.5) is 5.69 Å². The molecule has 1 N–H and O–H groups in total. The van der Waals surface area contributed by atoms with Gasteiger partial charge in [-0.3, -0.25) is 14.9 Å². The topological polar surface area (TPSA) is 84.6 Å². The van der Waals surface area contributed by atoms with Crippen LogP contribution in [0.5, 0.6) is 0 Å². The highest BCUT2D eigenvalue weighted by molar-refractivity contribution is 9.10. The fraction of sp³-hybridized carbons (Fsp3) is 0. The zero-order valence-electron chi connectivity index (χ0n) is 12.1. The van der Waals surface area contributed by atoms with Gasteiger partial charge in [0.2, 0.25) is 0 Å². The molecule has 2 aromatic carbocycles. The molecule has 2 rings (SSSR count). The third-order valence-corrected chi connectivity index (χ3v) is 3.60. The number of hydrogen-bond donors (Lipinski definition) is 1. The lowest BCUT2D eigenvalue weighted by atomic mass is 10.2. The van der Waals surface area contributed by atoms with Crippen LogP contribution in [0.15, 0.2) is 63.1 Å². The number of nitrogens with zero attached hydrogens (tertiary/aromatic N) is 2. The molecule has 0 radical (unpaired) electrons. The summed E-state index contributed by atoms with van der Waals surface area (Å²) < 4.78 is 0.872. The Bertz CT molecular complexity index is 802. The van der Waals surface area contributed by atoms with E-state index in [1.54, 1.807) is 42.5 Å². The maximum atomic E-state index is 11.8. The van der Waals surface area contributed by atoms with Gasteiger partial charge in [-0.1, -0.05) is 27.5 Å². The Labute approximate surface area is 151 Å². The predicted molar refractivity (Wildman–Crippen MR) is 97.0 cm³/mol. The van der Waals surface area contributed by atoms with Crippen molar-refractivity contribution in [1.29, 1.82) is 0 Å². The third-order valence-electron chi connectivity index (χ3n) is 2.87. The van der Waals surface area contributed by atoms with Gasteiger partial charge in [-0.25, -0.2) is 5.43 Å². The van der Waals surface area contributed by atoms with Crippen LogP contribution in [0, 0.1) is 10.1 Å². The highest BCUT2D eigenvalue weighted by Gasteiger charge is 2.04. The number of amides is 1. The van der Waals surface area contributed by atoms with Crippen molar-refractivity contribution in [3.8, 4) is 0 Å². The van der Waals surface area contributed by atoms with Gasteiger partial charge in [0.25, 0.3) is 11.6 Å². The number of carbonyl (C=O) groups is 1. The fourth-order valence-electron chi connectivity index (χ4n) is 1.71. The molecule has 0 aliphatic carbocycles. The van der Waals surface area contributed by atoms with E-state index in [1.165, 1.54) is 18.3 Å². The smallest absolute Gasteiger partial charge is 0.267 e. The Morgan fingerprint density at radius 1 is 1.17 bits per heavy atom. The SMILES string of the molecule is O=C(N/N=C\C(Cl)=C\c1ccc([N+](=O)[O-])cc1)c1ccc(Br)cc1. The monoisotopic (exact) mass is 407 g/mol. The summed E-state index contributed by atoms with van der Waals surface area (Å²) in [5, 5.41) is 14.6. The minimum Gasteiger partial charge on any atom is -0.267 e. The predicted octanol–water partition coefficient (Wildman–Crippen LogP) is 4.35. The highest BCUT2D eigenvalue weighted by atomic mass is 79.9. The minimum absolute atomic E-state index is 0.00120. The van der Waals surface area contributed by atoms with E-state index in [0.717, 1.165) is 4.47 Å². The van der Waals surface area contributed by atoms with Gasteiger partial charge in [0, 0.05) is 22.2 Å². The number of allylic oxidation sites excluding steroid dienone is 1. The summed E-state index contributed by atoms with van der Waals surface area (Å²) in [6.45, 7) is 0. The second-order valence-corrected chi connectivity index (χ2v) is 5.94. The number of benzene rings is 2. The molecule has 0 aliphatic rings. The van der Waals surface area contributed by atoms with Crippen molar-refractivity contribution in [3.63, 3.8) is 0 Å². The first kappa shape index (κ1) is 17.8. The lowest BCUT2D eigenvalue weighted by Crippen LogP contribution is -2.17. The van der Waals surface area contributed by atoms with E-state index >= 15 is 0 Å². The molecule has 24 heavy (non-hydrogen) atoms. The van der Waals surface area contributed by atoms with E-state index < -0.39 is 4.92 Å². The largest absolute Gasteiger partial charge is 0.271 e. The second kappa shape index (κ2) is 8.37. The van der Waals surface area contributed by atoms with E-state index in [9.17, 15) is 14.9 Å². The van der Waals surface area contributed by atoms with Crippen molar-refractivity contribution in [2.75, 3.05) is 0 Å². The molecule has 0 unspecified atom stereocenters. The van der Waals surface area contributed by atoms with Crippen LogP contribution in [0.1, 0.15) is 15.9 Å². The van der Waals surface area contributed by atoms with Gasteiger partial charge in [-0.05, 0) is 48.0 Å². The maximum Gasteiger partial charge on any atom is 0.271 e. The summed E-state index contributed by atoms with van der Waals surface area (Å²) >= 11 is 9.27. The van der Waals surface area contributed by atoms with Crippen LogP contribution in [-0.4, -0.2) is 17.0 Å². The van der Waals surface area contributed by atoms with E-state index in [1.807, 2.05) is 0 Å². The highest BCUT2D eigenvalue weighted by Crippen LogP contribution is 2.15. The van der Waals surface area contributed by atoms with Crippen LogP contribution < -0.4 is 5.43 Å². The Kier molecular flexibility index (Phi) is 6.22. The lowest BCUT2D eigenvalue weighted by Gasteiger charge is -1.99. The molecule has 0 saturated heterocycles. The number of halogens is 2. The van der Waals surface area contributed by atoms with Gasteiger partial charge in [-0.15, -0.1) is 0 Å². The van der Waals surface area contributed by atoms with Crippen molar-refractivity contribution in [2.45, 2.75) is 0 Å². The molecular weight excluding hydrogens is 398 g/mol. The summed E-state index contributed by atoms with van der Waals surface area (Å²) in [6.07, 6.45) is 2.85. The fourth-order valence-corrected chi connectivity index (χ4v) is 2.15. The van der Waals surface area contributed by atoms with Crippen LogP contribution in [0.2, 0.25) is 0 Å². The molecular formula is C16H11BrClN3O3. The number of nitrogens with one attached hydrogen (secondary N) is 1. The molecule has 0 atom stereocenters. The summed E-state index contributed by atoms with van der Waals surface area (Å²) in [5.74, 6) is -0.362. The zero-order chi connectivity index (χ0) is 17.5. The van der Waals surface area contributed by atoms with Crippen LogP contribution >= 0.6 is 27.5 Å². The molecule has 0 spiro atoms. The van der Waals surface area contributed by atoms with Gasteiger partial charge in [0.05, 0.1) is 16.2 Å². The molecule has 0 heterocycles. The number of hydrogen-bond acceptors (Lipinski definition) is 4. The lowest BCUT2D eigenvalue weighted by molar-refractivity contribution is -0.384. The average molecular weight is 409 g/mol. The van der Waals surface area contributed by atoms with Crippen LogP contribution in [0.3, 0.4) is 0 Å². The van der Waals surface area contributed by atoms with Gasteiger partial charge >= 0.3 is 0 Å². The number of carbonyl (C=O) groups excluding carboxylic acids is 1. The van der Waals surface area contributed by atoms with Gasteiger partial charge < -0.3 is 0 Å². The number of nitro benzene ring substituents is 1. The molecule has 0 aliphatic heterocycles. The minimum atomic E-state index is -0.478. The second-order valence-electron chi connectivity index (χ2n) is 4.58. The normalized spacial score (nSPS) is 11.5. The number of nitro groups is 1. The maximum absolute atomic E-state index is 11.8. The van der Waals surface area contributed by atoms with Crippen LogP contribution in [-0.2, 0) is 0 Å². The number of non-ortho nitro benzene ring substituents is 1. The Balaban J connectivity index is 1.96. The van der Waals surface area contributed by atoms with Crippen molar-refractivity contribution in [2.24, 2.45) is 5.10 Å². The van der Waals surface area contributed by atoms with Gasteiger partial charge in [0.15, 0.2) is 0 Å². The van der Waals surface area contributed by atoms with Crippen LogP contribution in [0.25, 0.3) is 6.08 Å². The standard InChI is InChI=1S/C16H11BrClN3O3/c17-13-5-3-12(4-6-13)16(22)20-19-10-14(18)9-11-1-7-15(8-2-11)21(23)24/h1-10H,(H,20,22)/b14-9-,19-10-. The van der Waals surface area contributed by atoms with Crippen molar-refractivity contribution in [3.05, 3.63) is 79.3 Å². The molecule has 0 bridgehead atoms. The van der Waals surface area contributed by atoms with E-state index in [2.05, 4.69) is 26.5 Å². The van der Waals surface area contributed by atoms with E-state index in [0.29, 0.717) is 11.1 Å². The molecule has 6 nitrogen and oxygen atoms in total. The first-order valence-corrected chi connectivity index (χ1v) is 7.83. The Hall–Kier alpha value is -2.51. The van der Waals surface area contributed by atoms with E-state index in [-0.39, 0.29) is 16.6 Å². The average Bonchev–Trinajstić information content (AvgIpc) is 2.55. The Morgan fingerprint density at radius 2 is 1.79 bits per heavy atom. The van der Waals surface area contributed by atoms with Crippen molar-refractivity contribution < 1.29 is 9.72 Å². The summed E-state index contributed by atoms with van der Waals surface area (Å²) in [7, 11) is 0. The first-order chi connectivity index (χ1) is 11.5. The molecule has 2 aromatic rings. The van der Waals surface area contributed by atoms with Gasteiger partial charge in [0.1, 0.15) is 0 Å². The van der Waals surface area contributed by atoms with E-state index in [4.69, 9.17) is 11.6 Å². The summed E-state index contributed by atoms with van der Waals surface area (Å²) in [5.41, 5.74) is 3.50. The molecule has 122 valence electrons. The summed E-state index contributed by atoms with van der Waals surface area (Å²) in [4.78, 5) is 21.9. The molecule has 0 fully saturated rings. The quantitative estimate of drug-likeness (QED) is 0.453. The molecule has 0 aromatic heterocycles. The Morgan fingerprint density at radius 3 is 2.38 bits per heavy atom. The third kappa shape index (κ3) is 5.29. The number of hydrazone groups is 1. The molecule has 8 heteroatoms. The van der Waals surface area contributed by atoms with Gasteiger partial charge in [-0.2, -0.15) is 5.10 Å². The molecule has 0 saturated carbocycles. The van der Waals surface area contributed by atoms with Crippen molar-refractivity contribution >= 4 is 51.4 Å². The summed E-state index contributed by atoms with van der Waals surface area (Å²) in [6, 6.07) is 12.7. The van der Waals surface area contributed by atoms with Crippen molar-refractivity contribution in [1.82, 2.24) is 5.43 Å². The zero-order valence-corrected chi connectivity index (χ0v) is 14.5. The molecule has 1 amide bonds.